The molecule has 0 bridgehead atoms. The van der Waals surface area contributed by atoms with Gasteiger partial charge < -0.3 is 5.11 Å². The number of nitrogens with zero attached hydrogens (tertiary/aromatic N) is 2. The minimum absolute atomic E-state index is 0.0291. The molecule has 0 saturated heterocycles. The summed E-state index contributed by atoms with van der Waals surface area (Å²) in [5, 5.41) is 15.4. The van der Waals surface area contributed by atoms with Gasteiger partial charge in [-0.2, -0.15) is 5.10 Å². The first kappa shape index (κ1) is 17.6. The van der Waals surface area contributed by atoms with Gasteiger partial charge in [-0.25, -0.2) is 0 Å². The molecule has 1 N–H and O–H groups in total. The molecule has 4 rings (SSSR count). The number of allylic oxidation sites excluding steroid dienone is 1. The number of Topliss-reactive ketones (excluding diaryl/α,β-unsaturated/α-hetero) is 1. The van der Waals surface area contributed by atoms with Crippen LogP contribution in [0.1, 0.15) is 38.4 Å². The lowest BCUT2D eigenvalue weighted by Crippen LogP contribution is -2.04. The maximum atomic E-state index is 12.7. The van der Waals surface area contributed by atoms with Crippen LogP contribution in [0.5, 0.6) is 5.75 Å². The van der Waals surface area contributed by atoms with Gasteiger partial charge in [-0.1, -0.05) is 41.9 Å². The molecule has 1 heterocycles. The molecule has 5 heteroatoms. The third kappa shape index (κ3) is 3.06. The second-order valence-electron chi connectivity index (χ2n) is 6.81. The number of ketones is 1. The van der Waals surface area contributed by atoms with Crippen LogP contribution in [0.25, 0.3) is 6.08 Å². The summed E-state index contributed by atoms with van der Waals surface area (Å²) in [5.74, 6) is 0.144. The molecule has 27 heavy (non-hydrogen) atoms. The number of halogens is 1. The first-order chi connectivity index (χ1) is 13.0. The van der Waals surface area contributed by atoms with Gasteiger partial charge in [0.2, 0.25) is 0 Å². The van der Waals surface area contributed by atoms with Gasteiger partial charge >= 0.3 is 0 Å². The number of benzene rings is 2. The fourth-order valence-corrected chi connectivity index (χ4v) is 3.76. The third-order valence-electron chi connectivity index (χ3n) is 5.09. The van der Waals surface area contributed by atoms with Gasteiger partial charge in [0.25, 0.3) is 0 Å². The van der Waals surface area contributed by atoms with Gasteiger partial charge in [-0.15, -0.1) is 0 Å². The highest BCUT2D eigenvalue weighted by Gasteiger charge is 2.27. The Labute approximate surface area is 162 Å². The Kier molecular flexibility index (Phi) is 4.36. The summed E-state index contributed by atoms with van der Waals surface area (Å²) in [6.07, 6.45) is 2.35. The van der Waals surface area contributed by atoms with Crippen LogP contribution in [-0.4, -0.2) is 20.7 Å². The number of carbonyl (C=O) groups is 1. The molecule has 0 amide bonds. The minimum Gasteiger partial charge on any atom is -0.508 e. The number of aromatic nitrogens is 2. The van der Waals surface area contributed by atoms with E-state index in [0.29, 0.717) is 34.7 Å². The van der Waals surface area contributed by atoms with Crippen LogP contribution < -0.4 is 0 Å². The van der Waals surface area contributed by atoms with Crippen LogP contribution in [0.3, 0.4) is 0 Å². The molecule has 4 nitrogen and oxygen atoms in total. The lowest BCUT2D eigenvalue weighted by atomic mass is 10.1. The van der Waals surface area contributed by atoms with E-state index in [0.717, 1.165) is 22.5 Å². The third-order valence-corrected chi connectivity index (χ3v) is 5.46. The second kappa shape index (κ2) is 6.71. The van der Waals surface area contributed by atoms with Crippen molar-refractivity contribution in [2.45, 2.75) is 26.8 Å². The van der Waals surface area contributed by atoms with E-state index < -0.39 is 0 Å². The Bertz CT molecular complexity index is 1100. The van der Waals surface area contributed by atoms with Crippen LogP contribution in [0.2, 0.25) is 5.02 Å². The quantitative estimate of drug-likeness (QED) is 0.670. The standard InChI is InChI=1S/C22H19ClN2O2/c1-13-18(10-16-11-19-17(22(16)27)7-5-9-21(19)26)14(2)25(24-13)12-15-6-3-4-8-20(15)23/h3-10,26H,11-12H2,1-2H3. The summed E-state index contributed by atoms with van der Waals surface area (Å²) >= 11 is 6.27. The zero-order valence-corrected chi connectivity index (χ0v) is 15.9. The van der Waals surface area contributed by atoms with E-state index >= 15 is 0 Å². The van der Waals surface area contributed by atoms with Crippen molar-refractivity contribution in [3.05, 3.63) is 86.7 Å². The normalized spacial score (nSPS) is 14.8. The van der Waals surface area contributed by atoms with Gasteiger partial charge in [0, 0.05) is 39.4 Å². The van der Waals surface area contributed by atoms with Crippen LogP contribution >= 0.6 is 11.6 Å². The Balaban J connectivity index is 1.69. The first-order valence-electron chi connectivity index (χ1n) is 8.79. The number of fused-ring (bicyclic) bond motifs is 1. The average molecular weight is 379 g/mol. The molecular weight excluding hydrogens is 360 g/mol. The Hall–Kier alpha value is -2.85. The van der Waals surface area contributed by atoms with Crippen molar-refractivity contribution in [2.75, 3.05) is 0 Å². The van der Waals surface area contributed by atoms with E-state index in [2.05, 4.69) is 5.10 Å². The predicted octanol–water partition coefficient (Wildman–Crippen LogP) is 4.73. The molecule has 0 atom stereocenters. The van der Waals surface area contributed by atoms with Crippen LogP contribution in [0.15, 0.2) is 48.0 Å². The molecule has 0 saturated carbocycles. The lowest BCUT2D eigenvalue weighted by Gasteiger charge is -2.07. The highest BCUT2D eigenvalue weighted by atomic mass is 35.5. The monoisotopic (exact) mass is 378 g/mol. The molecule has 1 aliphatic carbocycles. The molecule has 136 valence electrons. The van der Waals surface area contributed by atoms with Crippen molar-refractivity contribution in [2.24, 2.45) is 0 Å². The SMILES string of the molecule is Cc1nn(Cc2ccccc2Cl)c(C)c1C=C1Cc2c(O)cccc2C1=O. The maximum Gasteiger partial charge on any atom is 0.189 e. The number of phenols is 1. The highest BCUT2D eigenvalue weighted by molar-refractivity contribution is 6.31. The zero-order chi connectivity index (χ0) is 19.1. The molecule has 0 unspecified atom stereocenters. The Morgan fingerprint density at radius 2 is 1.96 bits per heavy atom. The summed E-state index contributed by atoms with van der Waals surface area (Å²) in [6.45, 7) is 4.50. The van der Waals surface area contributed by atoms with E-state index in [-0.39, 0.29) is 11.5 Å². The second-order valence-corrected chi connectivity index (χ2v) is 7.22. The van der Waals surface area contributed by atoms with Crippen molar-refractivity contribution < 1.29 is 9.90 Å². The molecule has 0 aliphatic heterocycles. The molecular formula is C22H19ClN2O2. The van der Waals surface area contributed by atoms with Crippen molar-refractivity contribution in [1.82, 2.24) is 9.78 Å². The smallest absolute Gasteiger partial charge is 0.189 e. The average Bonchev–Trinajstić information content (AvgIpc) is 3.10. The van der Waals surface area contributed by atoms with Crippen molar-refractivity contribution >= 4 is 23.5 Å². The number of aromatic hydroxyl groups is 1. The zero-order valence-electron chi connectivity index (χ0n) is 15.2. The Morgan fingerprint density at radius 3 is 2.70 bits per heavy atom. The van der Waals surface area contributed by atoms with E-state index in [4.69, 9.17) is 11.6 Å². The van der Waals surface area contributed by atoms with Crippen LogP contribution in [0, 0.1) is 13.8 Å². The maximum absolute atomic E-state index is 12.7. The van der Waals surface area contributed by atoms with Crippen molar-refractivity contribution in [1.29, 1.82) is 0 Å². The number of hydrogen-bond acceptors (Lipinski definition) is 3. The number of phenolic OH excluding ortho intramolecular Hbond substituents is 1. The van der Waals surface area contributed by atoms with Crippen molar-refractivity contribution in [3.63, 3.8) is 0 Å². The summed E-state index contributed by atoms with van der Waals surface area (Å²) in [7, 11) is 0. The minimum atomic E-state index is -0.0291. The summed E-state index contributed by atoms with van der Waals surface area (Å²) in [5.41, 5.74) is 5.74. The first-order valence-corrected chi connectivity index (χ1v) is 9.17. The summed E-state index contributed by atoms with van der Waals surface area (Å²) in [6, 6.07) is 12.8. The fraction of sp³-hybridized carbons (Fsp3) is 0.182. The molecule has 0 fully saturated rings. The largest absolute Gasteiger partial charge is 0.508 e. The van der Waals surface area contributed by atoms with E-state index in [1.54, 1.807) is 18.2 Å². The molecule has 2 aromatic carbocycles. The van der Waals surface area contributed by atoms with Gasteiger partial charge in [-0.3, -0.25) is 9.48 Å². The summed E-state index contributed by atoms with van der Waals surface area (Å²) in [4.78, 5) is 12.7. The summed E-state index contributed by atoms with van der Waals surface area (Å²) < 4.78 is 1.91. The number of aryl methyl sites for hydroxylation is 1. The molecule has 1 aliphatic rings. The number of carbonyl (C=O) groups excluding carboxylic acids is 1. The van der Waals surface area contributed by atoms with Gasteiger partial charge in [-0.05, 0) is 37.6 Å². The van der Waals surface area contributed by atoms with Crippen LogP contribution in [0.4, 0.5) is 0 Å². The van der Waals surface area contributed by atoms with E-state index in [9.17, 15) is 9.90 Å². The predicted molar refractivity (Wildman–Crippen MR) is 106 cm³/mol. The molecule has 0 radical (unpaired) electrons. The number of rotatable bonds is 3. The Morgan fingerprint density at radius 1 is 1.19 bits per heavy atom. The highest BCUT2D eigenvalue weighted by Crippen LogP contribution is 2.34. The molecule has 3 aromatic rings. The van der Waals surface area contributed by atoms with Gasteiger partial charge in [0.05, 0.1) is 12.2 Å². The van der Waals surface area contributed by atoms with E-state index in [1.807, 2.05) is 48.9 Å². The number of hydrogen-bond donors (Lipinski definition) is 1. The van der Waals surface area contributed by atoms with E-state index in [1.165, 1.54) is 0 Å². The lowest BCUT2D eigenvalue weighted by molar-refractivity contribution is 0.104. The topological polar surface area (TPSA) is 55.1 Å². The molecule has 1 aromatic heterocycles. The van der Waals surface area contributed by atoms with Crippen molar-refractivity contribution in [3.8, 4) is 5.75 Å². The van der Waals surface area contributed by atoms with Gasteiger partial charge in [0.1, 0.15) is 5.75 Å². The molecule has 0 spiro atoms. The van der Waals surface area contributed by atoms with Crippen LogP contribution in [-0.2, 0) is 13.0 Å². The van der Waals surface area contributed by atoms with Gasteiger partial charge in [0.15, 0.2) is 5.78 Å². The fourth-order valence-electron chi connectivity index (χ4n) is 3.57.